The normalized spacial score (nSPS) is 15.3. The molecule has 0 spiro atoms. The van der Waals surface area contributed by atoms with Gasteiger partial charge in [0.1, 0.15) is 11.6 Å². The maximum atomic E-state index is 4.95. The van der Waals surface area contributed by atoms with E-state index in [4.69, 9.17) is 9.97 Å². The summed E-state index contributed by atoms with van der Waals surface area (Å²) in [4.78, 5) is 20.1. The van der Waals surface area contributed by atoms with Crippen LogP contribution in [0, 0.1) is 6.92 Å². The number of fused-ring (bicyclic) bond motifs is 1. The zero-order valence-electron chi connectivity index (χ0n) is 20.3. The van der Waals surface area contributed by atoms with Crippen molar-refractivity contribution in [2.45, 2.75) is 43.3 Å². The van der Waals surface area contributed by atoms with Crippen molar-refractivity contribution in [1.29, 1.82) is 0 Å². The van der Waals surface area contributed by atoms with Gasteiger partial charge in [0, 0.05) is 61.5 Å². The Kier molecular flexibility index (Phi) is 5.95. The quantitative estimate of drug-likeness (QED) is 0.413. The van der Waals surface area contributed by atoms with Crippen molar-refractivity contribution in [2.75, 3.05) is 36.4 Å². The van der Waals surface area contributed by atoms with Crippen molar-refractivity contribution < 1.29 is 0 Å². The van der Waals surface area contributed by atoms with Gasteiger partial charge < -0.3 is 14.8 Å². The van der Waals surface area contributed by atoms with Crippen LogP contribution in [0.25, 0.3) is 11.0 Å². The van der Waals surface area contributed by atoms with Gasteiger partial charge in [0.2, 0.25) is 0 Å². The van der Waals surface area contributed by atoms with Crippen LogP contribution >= 0.6 is 11.8 Å². The molecule has 178 valence electrons. The molecule has 1 aliphatic heterocycles. The molecule has 5 rings (SSSR count). The monoisotopic (exact) mass is 477 g/mol. The second-order valence-electron chi connectivity index (χ2n) is 9.71. The average molecular weight is 478 g/mol. The summed E-state index contributed by atoms with van der Waals surface area (Å²) in [6.45, 7) is 12.7. The molecule has 4 aromatic rings. The fourth-order valence-electron chi connectivity index (χ4n) is 4.18. The Bertz CT molecular complexity index is 1300. The van der Waals surface area contributed by atoms with Gasteiger partial charge in [0.25, 0.3) is 0 Å². The highest BCUT2D eigenvalue weighted by atomic mass is 32.2. The smallest absolute Gasteiger partial charge is 0.196 e. The maximum absolute atomic E-state index is 4.95. The Labute approximate surface area is 204 Å². The summed E-state index contributed by atoms with van der Waals surface area (Å²) >= 11 is 1.56. The summed E-state index contributed by atoms with van der Waals surface area (Å²) in [6.07, 6.45) is 1.83. The Morgan fingerprint density at radius 2 is 1.79 bits per heavy atom. The highest BCUT2D eigenvalue weighted by Crippen LogP contribution is 2.31. The van der Waals surface area contributed by atoms with Crippen molar-refractivity contribution >= 4 is 40.2 Å². The van der Waals surface area contributed by atoms with E-state index in [0.29, 0.717) is 5.16 Å². The number of hydrogen-bond donors (Lipinski definition) is 2. The number of rotatable bonds is 5. The van der Waals surface area contributed by atoms with Crippen LogP contribution in [0.3, 0.4) is 0 Å². The second kappa shape index (κ2) is 8.92. The van der Waals surface area contributed by atoms with Crippen LogP contribution in [-0.4, -0.2) is 66.3 Å². The Hall–Kier alpha value is -3.11. The van der Waals surface area contributed by atoms with Crippen molar-refractivity contribution in [3.05, 3.63) is 42.4 Å². The van der Waals surface area contributed by atoms with E-state index in [2.05, 4.69) is 63.2 Å². The number of anilines is 3. The topological polar surface area (TPSA) is 90.8 Å². The van der Waals surface area contributed by atoms with E-state index in [1.54, 1.807) is 11.8 Å². The number of aromatic amines is 1. The highest BCUT2D eigenvalue weighted by molar-refractivity contribution is 7.99. The number of aryl methyl sites for hydroxylation is 2. The summed E-state index contributed by atoms with van der Waals surface area (Å²) in [6, 6.07) is 10.2. The van der Waals surface area contributed by atoms with Gasteiger partial charge in [-0.2, -0.15) is 5.10 Å². The summed E-state index contributed by atoms with van der Waals surface area (Å²) in [5.41, 5.74) is 3.24. The molecule has 0 aliphatic carbocycles. The molecule has 0 radical (unpaired) electrons. The van der Waals surface area contributed by atoms with Crippen molar-refractivity contribution in [3.63, 3.8) is 0 Å². The van der Waals surface area contributed by atoms with Crippen molar-refractivity contribution in [3.8, 4) is 0 Å². The first-order chi connectivity index (χ1) is 16.2. The minimum absolute atomic E-state index is 0.174. The average Bonchev–Trinajstić information content (AvgIpc) is 3.38. The predicted molar refractivity (Wildman–Crippen MR) is 137 cm³/mol. The molecule has 4 heterocycles. The van der Waals surface area contributed by atoms with Gasteiger partial charge in [-0.3, -0.25) is 10.00 Å². The summed E-state index contributed by atoms with van der Waals surface area (Å²) in [5.74, 6) is 2.41. The lowest BCUT2D eigenvalue weighted by molar-refractivity contribution is 0.128. The lowest BCUT2D eigenvalue weighted by Gasteiger charge is -2.42. The van der Waals surface area contributed by atoms with E-state index in [1.165, 1.54) is 0 Å². The van der Waals surface area contributed by atoms with Gasteiger partial charge in [0.15, 0.2) is 11.0 Å². The third-order valence-electron chi connectivity index (χ3n) is 6.11. The molecule has 0 atom stereocenters. The Morgan fingerprint density at radius 1 is 1.00 bits per heavy atom. The highest BCUT2D eigenvalue weighted by Gasteiger charge is 2.27. The fourth-order valence-corrected chi connectivity index (χ4v) is 4.98. The standard InChI is InChI=1S/C24H31N9S/c1-16-12-21(30-29-16)26-20-14-22(32-8-10-33(11-9-32)24(2,3)4)28-23(27-20)34-17-6-7-18-19(13-17)31(5)15-25-18/h6-7,12-15H,8-11H2,1-5H3,(H2,26,27,28,29,30). The van der Waals surface area contributed by atoms with E-state index in [1.807, 2.05) is 43.1 Å². The molecular weight excluding hydrogens is 446 g/mol. The largest absolute Gasteiger partial charge is 0.354 e. The summed E-state index contributed by atoms with van der Waals surface area (Å²) < 4.78 is 2.03. The van der Waals surface area contributed by atoms with Crippen LogP contribution in [0.2, 0.25) is 0 Å². The van der Waals surface area contributed by atoms with E-state index < -0.39 is 0 Å². The van der Waals surface area contributed by atoms with Crippen LogP contribution in [0.1, 0.15) is 26.5 Å². The zero-order chi connectivity index (χ0) is 23.9. The Morgan fingerprint density at radius 3 is 2.50 bits per heavy atom. The molecule has 1 saturated heterocycles. The first kappa shape index (κ1) is 22.7. The minimum atomic E-state index is 0.174. The zero-order valence-corrected chi connectivity index (χ0v) is 21.1. The van der Waals surface area contributed by atoms with E-state index >= 15 is 0 Å². The number of nitrogens with zero attached hydrogens (tertiary/aromatic N) is 7. The molecule has 9 nitrogen and oxygen atoms in total. The number of imidazole rings is 1. The fraction of sp³-hybridized carbons (Fsp3) is 0.417. The molecule has 1 fully saturated rings. The third-order valence-corrected chi connectivity index (χ3v) is 6.97. The van der Waals surface area contributed by atoms with Gasteiger partial charge in [-0.1, -0.05) is 0 Å². The van der Waals surface area contributed by atoms with Gasteiger partial charge in [-0.05, 0) is 57.7 Å². The molecule has 1 aromatic carbocycles. The number of aromatic nitrogens is 6. The number of benzene rings is 1. The summed E-state index contributed by atoms with van der Waals surface area (Å²) in [7, 11) is 2.01. The number of hydrogen-bond acceptors (Lipinski definition) is 8. The first-order valence-electron chi connectivity index (χ1n) is 11.5. The number of nitrogens with one attached hydrogen (secondary N) is 2. The molecule has 0 amide bonds. The Balaban J connectivity index is 1.43. The van der Waals surface area contributed by atoms with Crippen molar-refractivity contribution in [2.24, 2.45) is 7.05 Å². The van der Waals surface area contributed by atoms with Crippen LogP contribution < -0.4 is 10.2 Å². The maximum Gasteiger partial charge on any atom is 0.196 e. The van der Waals surface area contributed by atoms with E-state index in [9.17, 15) is 0 Å². The molecule has 10 heteroatoms. The number of H-pyrrole nitrogens is 1. The van der Waals surface area contributed by atoms with E-state index in [-0.39, 0.29) is 5.54 Å². The molecule has 0 saturated carbocycles. The van der Waals surface area contributed by atoms with Gasteiger partial charge >= 0.3 is 0 Å². The molecule has 3 aromatic heterocycles. The SMILES string of the molecule is Cc1cc(Nc2cc(N3CCN(C(C)(C)C)CC3)nc(Sc3ccc4ncn(C)c4c3)n2)n[nH]1. The molecular formula is C24H31N9S. The van der Waals surface area contributed by atoms with Crippen LogP contribution in [0.4, 0.5) is 17.5 Å². The molecule has 2 N–H and O–H groups in total. The van der Waals surface area contributed by atoms with Crippen LogP contribution in [0.5, 0.6) is 0 Å². The molecule has 34 heavy (non-hydrogen) atoms. The number of piperazine rings is 1. The lowest BCUT2D eigenvalue weighted by atomic mass is 10.1. The van der Waals surface area contributed by atoms with E-state index in [0.717, 1.165) is 65.3 Å². The minimum Gasteiger partial charge on any atom is -0.354 e. The predicted octanol–water partition coefficient (Wildman–Crippen LogP) is 4.21. The molecule has 0 unspecified atom stereocenters. The third kappa shape index (κ3) is 4.88. The van der Waals surface area contributed by atoms with Crippen LogP contribution in [0.15, 0.2) is 46.7 Å². The first-order valence-corrected chi connectivity index (χ1v) is 12.3. The van der Waals surface area contributed by atoms with Gasteiger partial charge in [0.05, 0.1) is 17.4 Å². The second-order valence-corrected chi connectivity index (χ2v) is 10.7. The molecule has 1 aliphatic rings. The lowest BCUT2D eigenvalue weighted by Crippen LogP contribution is -2.53. The molecule has 0 bridgehead atoms. The van der Waals surface area contributed by atoms with Crippen molar-refractivity contribution in [1.82, 2.24) is 34.6 Å². The van der Waals surface area contributed by atoms with Crippen LogP contribution in [-0.2, 0) is 7.05 Å². The van der Waals surface area contributed by atoms with Gasteiger partial charge in [-0.25, -0.2) is 15.0 Å². The van der Waals surface area contributed by atoms with Gasteiger partial charge in [-0.15, -0.1) is 0 Å². The summed E-state index contributed by atoms with van der Waals surface area (Å²) in [5, 5.41) is 11.3.